The summed E-state index contributed by atoms with van der Waals surface area (Å²) in [5, 5.41) is 64.5. The molecule has 10 heteroatoms. The van der Waals surface area contributed by atoms with Crippen LogP contribution in [0, 0.1) is 0 Å². The molecule has 0 aromatic carbocycles. The molecule has 1 rings (SSSR count). The van der Waals surface area contributed by atoms with Gasteiger partial charge in [-0.05, 0) is 64.2 Å². The maximum Gasteiger partial charge on any atom is 0.249 e. The van der Waals surface area contributed by atoms with E-state index in [4.69, 9.17) is 9.47 Å². The van der Waals surface area contributed by atoms with Gasteiger partial charge in [0, 0.05) is 0 Å². The van der Waals surface area contributed by atoms with Gasteiger partial charge in [-0.1, -0.05) is 159 Å². The lowest BCUT2D eigenvalue weighted by Gasteiger charge is -2.40. The second-order valence-electron chi connectivity index (χ2n) is 15.6. The highest BCUT2D eigenvalue weighted by Gasteiger charge is 2.44. The Balaban J connectivity index is 2.43. The van der Waals surface area contributed by atoms with E-state index in [2.05, 4.69) is 55.6 Å². The summed E-state index contributed by atoms with van der Waals surface area (Å²) in [6.07, 6.45) is 34.9. The Morgan fingerprint density at radius 1 is 0.607 bits per heavy atom. The van der Waals surface area contributed by atoms with Gasteiger partial charge >= 0.3 is 0 Å². The largest absolute Gasteiger partial charge is 0.394 e. The van der Waals surface area contributed by atoms with Crippen LogP contribution in [0.5, 0.6) is 0 Å². The van der Waals surface area contributed by atoms with Gasteiger partial charge in [0.1, 0.15) is 30.5 Å². The van der Waals surface area contributed by atoms with E-state index in [1.807, 2.05) is 6.08 Å². The fourth-order valence-electron chi connectivity index (χ4n) is 6.70. The number of carbonyl (C=O) groups is 1. The van der Waals surface area contributed by atoms with E-state index >= 15 is 0 Å². The van der Waals surface area contributed by atoms with E-state index in [1.54, 1.807) is 6.08 Å². The van der Waals surface area contributed by atoms with Gasteiger partial charge in [-0.25, -0.2) is 0 Å². The number of ether oxygens (including phenoxy) is 2. The molecule has 8 atom stereocenters. The van der Waals surface area contributed by atoms with Crippen molar-refractivity contribution in [3.63, 3.8) is 0 Å². The van der Waals surface area contributed by atoms with Crippen LogP contribution in [0.4, 0.5) is 0 Å². The summed E-state index contributed by atoms with van der Waals surface area (Å²) in [4.78, 5) is 13.0. The number of hydrogen-bond acceptors (Lipinski definition) is 9. The standard InChI is InChI=1S/C46H83NO9/c1-3-5-7-9-11-13-15-17-18-19-20-21-22-23-25-27-29-31-33-35-40(50)45(54)47-38(37-55-46-44(53)43(52)42(51)41(36-48)56-46)39(49)34-32-30-28-26-24-16-14-12-10-8-6-4-2/h10,12,20-21,24,26,32,34,38-44,46,48-53H,3-9,11,13-19,22-23,25,27-31,33,35-37H2,1-2H3,(H,47,54)/b12-10+,21-20-,26-24+,34-32+. The molecule has 0 radical (unpaired) electrons. The molecule has 0 bridgehead atoms. The smallest absolute Gasteiger partial charge is 0.249 e. The third-order valence-electron chi connectivity index (χ3n) is 10.5. The van der Waals surface area contributed by atoms with Gasteiger partial charge in [0.15, 0.2) is 6.29 Å². The minimum atomic E-state index is -1.62. The van der Waals surface area contributed by atoms with E-state index in [1.165, 1.54) is 89.9 Å². The molecule has 56 heavy (non-hydrogen) atoms. The summed E-state index contributed by atoms with van der Waals surface area (Å²) < 4.78 is 11.1. The lowest BCUT2D eigenvalue weighted by molar-refractivity contribution is -0.302. The first-order valence-corrected chi connectivity index (χ1v) is 22.5. The Morgan fingerprint density at radius 2 is 1.07 bits per heavy atom. The van der Waals surface area contributed by atoms with Gasteiger partial charge in [-0.2, -0.15) is 0 Å². The molecule has 326 valence electrons. The van der Waals surface area contributed by atoms with Crippen LogP contribution < -0.4 is 5.32 Å². The van der Waals surface area contributed by atoms with Gasteiger partial charge in [0.25, 0.3) is 0 Å². The molecule has 1 heterocycles. The maximum absolute atomic E-state index is 13.0. The van der Waals surface area contributed by atoms with Crippen LogP contribution in [0.25, 0.3) is 0 Å². The van der Waals surface area contributed by atoms with E-state index in [9.17, 15) is 35.4 Å². The minimum Gasteiger partial charge on any atom is -0.394 e. The van der Waals surface area contributed by atoms with Crippen LogP contribution in [0.2, 0.25) is 0 Å². The first-order valence-electron chi connectivity index (χ1n) is 22.5. The highest BCUT2D eigenvalue weighted by molar-refractivity contribution is 5.80. The highest BCUT2D eigenvalue weighted by atomic mass is 16.7. The number of aliphatic hydroxyl groups excluding tert-OH is 6. The first-order chi connectivity index (χ1) is 27.3. The molecule has 1 aliphatic rings. The molecule has 8 unspecified atom stereocenters. The van der Waals surface area contributed by atoms with Crippen molar-refractivity contribution in [1.29, 1.82) is 0 Å². The Morgan fingerprint density at radius 3 is 1.61 bits per heavy atom. The summed E-state index contributed by atoms with van der Waals surface area (Å²) in [7, 11) is 0. The molecule has 0 aromatic heterocycles. The van der Waals surface area contributed by atoms with Crippen molar-refractivity contribution < 1.29 is 44.9 Å². The molecule has 0 spiro atoms. The predicted molar refractivity (Wildman–Crippen MR) is 227 cm³/mol. The monoisotopic (exact) mass is 794 g/mol. The fraction of sp³-hybridized carbons (Fsp3) is 0.804. The van der Waals surface area contributed by atoms with Crippen LogP contribution in [0.1, 0.15) is 174 Å². The van der Waals surface area contributed by atoms with Gasteiger partial charge in [0.05, 0.1) is 25.4 Å². The van der Waals surface area contributed by atoms with E-state index in [0.29, 0.717) is 19.3 Å². The highest BCUT2D eigenvalue weighted by Crippen LogP contribution is 2.22. The SMILES string of the molecule is CCCC/C=C/CC/C=C/CC/C=C/C(O)C(COC1OC(CO)C(O)C(O)C1O)NC(=O)C(O)CCCCCCCC/C=C\CCCCCCCCCCC. The van der Waals surface area contributed by atoms with Gasteiger partial charge in [-0.3, -0.25) is 4.79 Å². The van der Waals surface area contributed by atoms with Gasteiger partial charge in [0.2, 0.25) is 5.91 Å². The van der Waals surface area contributed by atoms with Crippen molar-refractivity contribution in [2.75, 3.05) is 13.2 Å². The maximum atomic E-state index is 13.0. The fourth-order valence-corrected chi connectivity index (χ4v) is 6.70. The van der Waals surface area contributed by atoms with Gasteiger partial charge < -0.3 is 45.4 Å². The molecule has 1 fully saturated rings. The lowest BCUT2D eigenvalue weighted by Crippen LogP contribution is -2.60. The number of aliphatic hydroxyl groups is 6. The summed E-state index contributed by atoms with van der Waals surface area (Å²) >= 11 is 0. The zero-order valence-electron chi connectivity index (χ0n) is 35.2. The average Bonchev–Trinajstić information content (AvgIpc) is 3.20. The summed E-state index contributed by atoms with van der Waals surface area (Å²) in [5.74, 6) is -0.638. The van der Waals surface area contributed by atoms with Crippen LogP contribution in [-0.4, -0.2) is 98.7 Å². The Kier molecular flexibility index (Phi) is 33.7. The molecule has 1 aliphatic heterocycles. The quantitative estimate of drug-likeness (QED) is 0.0245. The lowest BCUT2D eigenvalue weighted by atomic mass is 9.99. The molecule has 0 aliphatic carbocycles. The zero-order valence-corrected chi connectivity index (χ0v) is 35.2. The molecular formula is C46H83NO9. The van der Waals surface area contributed by atoms with Crippen LogP contribution in [0.3, 0.4) is 0 Å². The molecule has 0 saturated carbocycles. The predicted octanol–water partition coefficient (Wildman–Crippen LogP) is 8.03. The minimum absolute atomic E-state index is 0.292. The Hall–Kier alpha value is -1.89. The Bertz CT molecular complexity index is 1030. The number of nitrogens with one attached hydrogen (secondary N) is 1. The van der Waals surface area contributed by atoms with Crippen molar-refractivity contribution >= 4 is 5.91 Å². The van der Waals surface area contributed by atoms with Crippen molar-refractivity contribution in [3.05, 3.63) is 48.6 Å². The van der Waals surface area contributed by atoms with Crippen molar-refractivity contribution in [2.24, 2.45) is 0 Å². The number of amides is 1. The van der Waals surface area contributed by atoms with Crippen molar-refractivity contribution in [1.82, 2.24) is 5.32 Å². The van der Waals surface area contributed by atoms with Crippen LogP contribution >= 0.6 is 0 Å². The molecule has 1 saturated heterocycles. The van der Waals surface area contributed by atoms with Crippen LogP contribution in [-0.2, 0) is 14.3 Å². The number of rotatable bonds is 36. The van der Waals surface area contributed by atoms with Crippen LogP contribution in [0.15, 0.2) is 48.6 Å². The first kappa shape index (κ1) is 52.1. The number of unbranched alkanes of at least 4 members (excludes halogenated alkanes) is 19. The Labute approximate surface area is 340 Å². The summed E-state index contributed by atoms with van der Waals surface area (Å²) in [6, 6.07) is -1.00. The molecular weight excluding hydrogens is 711 g/mol. The van der Waals surface area contributed by atoms with E-state index in [-0.39, 0.29) is 6.61 Å². The summed E-state index contributed by atoms with van der Waals surface area (Å²) in [5.41, 5.74) is 0. The van der Waals surface area contributed by atoms with E-state index in [0.717, 1.165) is 51.4 Å². The normalized spacial score (nSPS) is 22.2. The van der Waals surface area contributed by atoms with Gasteiger partial charge in [-0.15, -0.1) is 0 Å². The molecule has 1 amide bonds. The zero-order chi connectivity index (χ0) is 41.1. The number of allylic oxidation sites excluding steroid dienone is 7. The number of carbonyl (C=O) groups excluding carboxylic acids is 1. The molecule has 7 N–H and O–H groups in total. The average molecular weight is 794 g/mol. The molecule has 10 nitrogen and oxygen atoms in total. The third-order valence-corrected chi connectivity index (χ3v) is 10.5. The van der Waals surface area contributed by atoms with E-state index < -0.39 is 61.5 Å². The summed E-state index contributed by atoms with van der Waals surface area (Å²) in [6.45, 7) is 3.51. The van der Waals surface area contributed by atoms with Crippen molar-refractivity contribution in [3.8, 4) is 0 Å². The third kappa shape index (κ3) is 26.2. The molecule has 0 aromatic rings. The second kappa shape index (κ2) is 36.2. The topological polar surface area (TPSA) is 169 Å². The number of hydrogen-bond donors (Lipinski definition) is 7. The van der Waals surface area contributed by atoms with Crippen molar-refractivity contribution in [2.45, 2.75) is 223 Å². The second-order valence-corrected chi connectivity index (χ2v) is 15.6.